The Morgan fingerprint density at radius 2 is 1.90 bits per heavy atom. The molecule has 0 aliphatic carbocycles. The molecule has 0 spiro atoms. The number of hydrogen-bond acceptors (Lipinski definition) is 3. The zero-order valence-electron chi connectivity index (χ0n) is 12.4. The minimum absolute atomic E-state index is 0.546. The van der Waals surface area contributed by atoms with Crippen LogP contribution in [0.25, 0.3) is 0 Å². The summed E-state index contributed by atoms with van der Waals surface area (Å²) in [6.45, 7) is 8.89. The fourth-order valence-corrected chi connectivity index (χ4v) is 1.88. The molecular formula is C16H23N3O. The van der Waals surface area contributed by atoms with E-state index in [-0.39, 0.29) is 0 Å². The molecule has 0 aliphatic rings. The molecule has 1 heterocycles. The van der Waals surface area contributed by atoms with Gasteiger partial charge in [-0.05, 0) is 30.5 Å². The molecule has 0 radical (unpaired) electrons. The van der Waals surface area contributed by atoms with E-state index in [4.69, 9.17) is 4.74 Å². The van der Waals surface area contributed by atoms with Crippen molar-refractivity contribution < 1.29 is 4.74 Å². The fourth-order valence-electron chi connectivity index (χ4n) is 1.88. The molecule has 20 heavy (non-hydrogen) atoms. The molecule has 0 bridgehead atoms. The van der Waals surface area contributed by atoms with Crippen molar-refractivity contribution in [3.8, 4) is 5.88 Å². The molecule has 0 fully saturated rings. The van der Waals surface area contributed by atoms with Crippen LogP contribution in [0.5, 0.6) is 5.88 Å². The van der Waals surface area contributed by atoms with E-state index in [0.29, 0.717) is 18.4 Å². The van der Waals surface area contributed by atoms with Gasteiger partial charge < -0.3 is 10.1 Å². The molecule has 2 N–H and O–H groups in total. The minimum Gasteiger partial charge on any atom is -0.472 e. The van der Waals surface area contributed by atoms with Crippen LogP contribution in [0.3, 0.4) is 0 Å². The molecule has 4 nitrogen and oxygen atoms in total. The zero-order chi connectivity index (χ0) is 14.4. The summed E-state index contributed by atoms with van der Waals surface area (Å²) >= 11 is 0. The number of H-pyrrole nitrogens is 1. The van der Waals surface area contributed by atoms with Crippen molar-refractivity contribution >= 4 is 0 Å². The Labute approximate surface area is 120 Å². The van der Waals surface area contributed by atoms with Gasteiger partial charge in [0.25, 0.3) is 0 Å². The van der Waals surface area contributed by atoms with Crippen LogP contribution in [0.1, 0.15) is 30.7 Å². The first-order valence-corrected chi connectivity index (χ1v) is 7.07. The highest BCUT2D eigenvalue weighted by atomic mass is 16.5. The van der Waals surface area contributed by atoms with E-state index in [9.17, 15) is 0 Å². The van der Waals surface area contributed by atoms with E-state index in [2.05, 4.69) is 53.6 Å². The van der Waals surface area contributed by atoms with Gasteiger partial charge in [0.2, 0.25) is 5.88 Å². The number of ether oxygens (including phenoxy) is 1. The summed E-state index contributed by atoms with van der Waals surface area (Å²) in [6.07, 6.45) is 0. The van der Waals surface area contributed by atoms with Crippen molar-refractivity contribution in [2.45, 2.75) is 33.9 Å². The fraction of sp³-hybridized carbons (Fsp3) is 0.438. The monoisotopic (exact) mass is 273 g/mol. The third-order valence-corrected chi connectivity index (χ3v) is 2.97. The normalized spacial score (nSPS) is 11.0. The van der Waals surface area contributed by atoms with E-state index in [0.717, 1.165) is 24.3 Å². The Morgan fingerprint density at radius 1 is 1.20 bits per heavy atom. The van der Waals surface area contributed by atoms with Crippen LogP contribution in [-0.2, 0) is 13.2 Å². The van der Waals surface area contributed by atoms with Gasteiger partial charge >= 0.3 is 0 Å². The molecule has 0 saturated heterocycles. The summed E-state index contributed by atoms with van der Waals surface area (Å²) in [7, 11) is 0. The zero-order valence-corrected chi connectivity index (χ0v) is 12.4. The van der Waals surface area contributed by atoms with Gasteiger partial charge in [-0.1, -0.05) is 38.1 Å². The van der Waals surface area contributed by atoms with Crippen LogP contribution >= 0.6 is 0 Å². The molecule has 108 valence electrons. The van der Waals surface area contributed by atoms with Crippen LogP contribution in [0.15, 0.2) is 30.3 Å². The number of rotatable bonds is 7. The summed E-state index contributed by atoms with van der Waals surface area (Å²) in [5.74, 6) is 1.32. The topological polar surface area (TPSA) is 49.9 Å². The number of aromatic amines is 1. The van der Waals surface area contributed by atoms with Crippen molar-refractivity contribution in [3.05, 3.63) is 47.2 Å². The molecule has 0 saturated carbocycles. The summed E-state index contributed by atoms with van der Waals surface area (Å²) in [5, 5.41) is 10.3. The smallest absolute Gasteiger partial charge is 0.233 e. The lowest BCUT2D eigenvalue weighted by Crippen LogP contribution is -2.18. The number of nitrogens with zero attached hydrogens (tertiary/aromatic N) is 1. The van der Waals surface area contributed by atoms with Crippen molar-refractivity contribution in [1.82, 2.24) is 15.5 Å². The SMILES string of the molecule is Cc1cc(OCc2ccc(CNCC(C)C)cc2)n[nH]1. The quantitative estimate of drug-likeness (QED) is 0.815. The second-order valence-corrected chi connectivity index (χ2v) is 5.52. The van der Waals surface area contributed by atoms with Crippen LogP contribution in [0.4, 0.5) is 0 Å². The highest BCUT2D eigenvalue weighted by molar-refractivity contribution is 5.22. The summed E-state index contributed by atoms with van der Waals surface area (Å²) in [4.78, 5) is 0. The molecule has 1 aromatic carbocycles. The first-order chi connectivity index (χ1) is 9.63. The number of aromatic nitrogens is 2. The van der Waals surface area contributed by atoms with Gasteiger partial charge in [-0.2, -0.15) is 0 Å². The maximum atomic E-state index is 5.61. The molecule has 0 unspecified atom stereocenters. The minimum atomic E-state index is 0.546. The molecule has 0 aliphatic heterocycles. The average Bonchev–Trinajstić information content (AvgIpc) is 2.83. The van der Waals surface area contributed by atoms with E-state index in [1.165, 1.54) is 5.56 Å². The number of nitrogens with one attached hydrogen (secondary N) is 2. The van der Waals surface area contributed by atoms with Crippen molar-refractivity contribution in [2.75, 3.05) is 6.54 Å². The lowest BCUT2D eigenvalue weighted by atomic mass is 10.1. The highest BCUT2D eigenvalue weighted by Gasteiger charge is 2.00. The largest absolute Gasteiger partial charge is 0.472 e. The summed E-state index contributed by atoms with van der Waals surface area (Å²) in [6, 6.07) is 10.4. The summed E-state index contributed by atoms with van der Waals surface area (Å²) < 4.78 is 5.61. The van der Waals surface area contributed by atoms with Gasteiger partial charge in [0.15, 0.2) is 0 Å². The Kier molecular flexibility index (Phi) is 5.18. The number of aryl methyl sites for hydroxylation is 1. The van der Waals surface area contributed by atoms with Gasteiger partial charge in [-0.25, -0.2) is 0 Å². The van der Waals surface area contributed by atoms with Gasteiger partial charge in [0.05, 0.1) is 0 Å². The second-order valence-electron chi connectivity index (χ2n) is 5.52. The van der Waals surface area contributed by atoms with Gasteiger partial charge in [-0.3, -0.25) is 5.10 Å². The molecule has 1 aromatic heterocycles. The second kappa shape index (κ2) is 7.10. The maximum Gasteiger partial charge on any atom is 0.233 e. The van der Waals surface area contributed by atoms with Crippen LogP contribution in [-0.4, -0.2) is 16.7 Å². The Bertz CT molecular complexity index is 517. The maximum absolute atomic E-state index is 5.61. The lowest BCUT2D eigenvalue weighted by Gasteiger charge is -2.08. The average molecular weight is 273 g/mol. The number of hydrogen-bond donors (Lipinski definition) is 2. The standard InChI is InChI=1S/C16H23N3O/c1-12(2)9-17-10-14-4-6-15(7-5-14)11-20-16-8-13(3)18-19-16/h4-8,12,17H,9-11H2,1-3H3,(H,18,19). The molecule has 0 atom stereocenters. The Balaban J connectivity index is 1.79. The van der Waals surface area contributed by atoms with Crippen LogP contribution in [0, 0.1) is 12.8 Å². The highest BCUT2D eigenvalue weighted by Crippen LogP contribution is 2.11. The molecule has 4 heteroatoms. The predicted octanol–water partition coefficient (Wildman–Crippen LogP) is 3.04. The molecule has 2 aromatic rings. The Hall–Kier alpha value is -1.81. The third kappa shape index (κ3) is 4.70. The first-order valence-electron chi connectivity index (χ1n) is 7.07. The van der Waals surface area contributed by atoms with Crippen molar-refractivity contribution in [3.63, 3.8) is 0 Å². The molecule has 0 amide bonds. The van der Waals surface area contributed by atoms with E-state index < -0.39 is 0 Å². The van der Waals surface area contributed by atoms with Gasteiger partial charge in [-0.15, -0.1) is 5.10 Å². The molecular weight excluding hydrogens is 250 g/mol. The van der Waals surface area contributed by atoms with Crippen molar-refractivity contribution in [1.29, 1.82) is 0 Å². The van der Waals surface area contributed by atoms with Crippen LogP contribution in [0.2, 0.25) is 0 Å². The van der Waals surface area contributed by atoms with Crippen LogP contribution < -0.4 is 10.1 Å². The van der Waals surface area contributed by atoms with E-state index in [1.807, 2.05) is 13.0 Å². The third-order valence-electron chi connectivity index (χ3n) is 2.97. The lowest BCUT2D eigenvalue weighted by molar-refractivity contribution is 0.293. The van der Waals surface area contributed by atoms with Gasteiger partial charge in [0, 0.05) is 18.3 Å². The van der Waals surface area contributed by atoms with Crippen molar-refractivity contribution in [2.24, 2.45) is 5.92 Å². The number of benzene rings is 1. The molecule has 2 rings (SSSR count). The van der Waals surface area contributed by atoms with Gasteiger partial charge in [0.1, 0.15) is 6.61 Å². The van der Waals surface area contributed by atoms with E-state index in [1.54, 1.807) is 0 Å². The first kappa shape index (κ1) is 14.6. The van der Waals surface area contributed by atoms with E-state index >= 15 is 0 Å². The summed E-state index contributed by atoms with van der Waals surface area (Å²) in [5.41, 5.74) is 3.45. The predicted molar refractivity (Wildman–Crippen MR) is 80.6 cm³/mol. The Morgan fingerprint density at radius 3 is 2.50 bits per heavy atom.